The first kappa shape index (κ1) is 14.9. The highest BCUT2D eigenvalue weighted by atomic mass is 16.5. The summed E-state index contributed by atoms with van der Waals surface area (Å²) in [5.41, 5.74) is 2.86. The van der Waals surface area contributed by atoms with Crippen molar-refractivity contribution in [1.29, 1.82) is 0 Å². The van der Waals surface area contributed by atoms with Crippen molar-refractivity contribution in [2.24, 2.45) is 0 Å². The summed E-state index contributed by atoms with van der Waals surface area (Å²) in [5, 5.41) is 8.38. The number of fused-ring (bicyclic) bond motifs is 2. The smallest absolute Gasteiger partial charge is 0.212 e. The Labute approximate surface area is 149 Å². The van der Waals surface area contributed by atoms with Crippen LogP contribution in [0.4, 0.5) is 5.82 Å². The summed E-state index contributed by atoms with van der Waals surface area (Å²) in [5.74, 6) is 2.52. The van der Waals surface area contributed by atoms with Crippen LogP contribution in [0.5, 0.6) is 5.75 Å². The first-order valence-corrected chi connectivity index (χ1v) is 8.55. The summed E-state index contributed by atoms with van der Waals surface area (Å²) in [6.45, 7) is 1.27. The molecule has 1 aliphatic heterocycles. The molecule has 1 aliphatic rings. The fourth-order valence-corrected chi connectivity index (χ4v) is 3.12. The Bertz CT molecular complexity index is 1080. The van der Waals surface area contributed by atoms with Crippen LogP contribution in [-0.2, 0) is 13.0 Å². The lowest BCUT2D eigenvalue weighted by Gasteiger charge is -2.11. The van der Waals surface area contributed by atoms with E-state index in [1.807, 2.05) is 42.5 Å². The quantitative estimate of drug-likeness (QED) is 0.606. The van der Waals surface area contributed by atoms with Crippen LogP contribution in [0.15, 0.2) is 59.1 Å². The van der Waals surface area contributed by atoms with Crippen molar-refractivity contribution in [2.75, 3.05) is 11.9 Å². The standard InChI is InChI=1S/C20H16N4O2/c1-2-6-13(7-3-1)12-21-19-18-16(10-11-25-18)22-20(23-19)17-14-8-4-5-9-15(14)24-26-17/h1-9H,10-12H2,(H,21,22,23). The number of aromatic nitrogens is 3. The normalized spacial score (nSPS) is 12.8. The molecular weight excluding hydrogens is 328 g/mol. The zero-order valence-corrected chi connectivity index (χ0v) is 14.0. The summed E-state index contributed by atoms with van der Waals surface area (Å²) < 4.78 is 11.3. The minimum Gasteiger partial charge on any atom is -0.487 e. The maximum Gasteiger partial charge on any atom is 0.212 e. The van der Waals surface area contributed by atoms with E-state index < -0.39 is 0 Å². The average molecular weight is 344 g/mol. The Kier molecular flexibility index (Phi) is 3.52. The average Bonchev–Trinajstić information content (AvgIpc) is 3.33. The molecular formula is C20H16N4O2. The van der Waals surface area contributed by atoms with E-state index in [1.54, 1.807) is 0 Å². The second kappa shape index (κ2) is 6.15. The van der Waals surface area contributed by atoms with Crippen molar-refractivity contribution in [3.05, 3.63) is 65.9 Å². The molecule has 2 aromatic heterocycles. The molecule has 6 nitrogen and oxygen atoms in total. The number of rotatable bonds is 4. The molecule has 1 N–H and O–H groups in total. The minimum absolute atomic E-state index is 0.526. The number of nitrogens with one attached hydrogen (secondary N) is 1. The van der Waals surface area contributed by atoms with Crippen LogP contribution in [-0.4, -0.2) is 21.7 Å². The van der Waals surface area contributed by atoms with Gasteiger partial charge in [-0.2, -0.15) is 0 Å². The second-order valence-electron chi connectivity index (χ2n) is 6.14. The molecule has 26 heavy (non-hydrogen) atoms. The Balaban J connectivity index is 1.55. The molecule has 6 heteroatoms. The third-order valence-corrected chi connectivity index (χ3v) is 4.41. The number of ether oxygens (including phenoxy) is 1. The highest BCUT2D eigenvalue weighted by Gasteiger charge is 2.24. The highest BCUT2D eigenvalue weighted by molar-refractivity contribution is 5.90. The minimum atomic E-state index is 0.526. The predicted molar refractivity (Wildman–Crippen MR) is 98.0 cm³/mol. The molecule has 3 heterocycles. The van der Waals surface area contributed by atoms with Crippen LogP contribution >= 0.6 is 0 Å². The number of nitrogens with zero attached hydrogens (tertiary/aromatic N) is 3. The van der Waals surface area contributed by atoms with Crippen molar-refractivity contribution < 1.29 is 9.26 Å². The summed E-state index contributed by atoms with van der Waals surface area (Å²) in [4.78, 5) is 9.32. The molecule has 5 rings (SSSR count). The Morgan fingerprint density at radius 2 is 1.81 bits per heavy atom. The van der Waals surface area contributed by atoms with Gasteiger partial charge in [0.25, 0.3) is 0 Å². The van der Waals surface area contributed by atoms with Gasteiger partial charge in [-0.05, 0) is 17.7 Å². The molecule has 2 aromatic carbocycles. The van der Waals surface area contributed by atoms with Gasteiger partial charge in [0.2, 0.25) is 11.6 Å². The van der Waals surface area contributed by atoms with Crippen molar-refractivity contribution >= 4 is 16.7 Å². The van der Waals surface area contributed by atoms with Crippen molar-refractivity contribution in [1.82, 2.24) is 15.1 Å². The molecule has 0 saturated carbocycles. The van der Waals surface area contributed by atoms with E-state index in [0.29, 0.717) is 30.6 Å². The van der Waals surface area contributed by atoms with Crippen LogP contribution in [0.1, 0.15) is 11.3 Å². The SMILES string of the molecule is c1ccc(CNc2nc(-c3onc4ccccc34)nc3c2OCC3)cc1. The molecule has 0 aliphatic carbocycles. The predicted octanol–water partition coefficient (Wildman–Crippen LogP) is 3.83. The van der Waals surface area contributed by atoms with Gasteiger partial charge in [0.05, 0.1) is 17.7 Å². The monoisotopic (exact) mass is 344 g/mol. The van der Waals surface area contributed by atoms with Crippen LogP contribution in [0.25, 0.3) is 22.5 Å². The third kappa shape index (κ3) is 2.56. The van der Waals surface area contributed by atoms with Crippen molar-refractivity contribution in [3.63, 3.8) is 0 Å². The molecule has 0 spiro atoms. The van der Waals surface area contributed by atoms with E-state index in [0.717, 1.165) is 28.8 Å². The van der Waals surface area contributed by atoms with E-state index in [-0.39, 0.29) is 0 Å². The summed E-state index contributed by atoms with van der Waals surface area (Å²) in [6, 6.07) is 17.9. The first-order valence-electron chi connectivity index (χ1n) is 8.55. The van der Waals surface area contributed by atoms with Crippen LogP contribution in [0.3, 0.4) is 0 Å². The third-order valence-electron chi connectivity index (χ3n) is 4.41. The van der Waals surface area contributed by atoms with E-state index in [4.69, 9.17) is 9.26 Å². The lowest BCUT2D eigenvalue weighted by molar-refractivity contribution is 0.357. The number of hydrogen-bond donors (Lipinski definition) is 1. The molecule has 0 atom stereocenters. The maximum atomic E-state index is 5.74. The van der Waals surface area contributed by atoms with Gasteiger partial charge in [-0.1, -0.05) is 47.6 Å². The van der Waals surface area contributed by atoms with E-state index in [2.05, 4.69) is 32.6 Å². The van der Waals surface area contributed by atoms with E-state index >= 15 is 0 Å². The lowest BCUT2D eigenvalue weighted by Crippen LogP contribution is -2.05. The van der Waals surface area contributed by atoms with Crippen LogP contribution < -0.4 is 10.1 Å². The molecule has 0 bridgehead atoms. The van der Waals surface area contributed by atoms with Gasteiger partial charge in [-0.3, -0.25) is 0 Å². The van der Waals surface area contributed by atoms with Gasteiger partial charge in [0, 0.05) is 13.0 Å². The Morgan fingerprint density at radius 1 is 0.962 bits per heavy atom. The van der Waals surface area contributed by atoms with Crippen molar-refractivity contribution in [3.8, 4) is 17.3 Å². The first-order chi connectivity index (χ1) is 12.9. The van der Waals surface area contributed by atoms with Crippen molar-refractivity contribution in [2.45, 2.75) is 13.0 Å². The van der Waals surface area contributed by atoms with E-state index in [9.17, 15) is 0 Å². The highest BCUT2D eigenvalue weighted by Crippen LogP contribution is 2.35. The summed E-state index contributed by atoms with van der Waals surface area (Å²) >= 11 is 0. The molecule has 0 fully saturated rings. The van der Waals surface area contributed by atoms with Gasteiger partial charge < -0.3 is 14.6 Å². The van der Waals surface area contributed by atoms with Gasteiger partial charge in [0.1, 0.15) is 5.52 Å². The van der Waals surface area contributed by atoms with Gasteiger partial charge in [0.15, 0.2) is 11.6 Å². The largest absolute Gasteiger partial charge is 0.487 e. The van der Waals surface area contributed by atoms with Crippen LogP contribution in [0.2, 0.25) is 0 Å². The van der Waals surface area contributed by atoms with Gasteiger partial charge in [-0.25, -0.2) is 9.97 Å². The fourth-order valence-electron chi connectivity index (χ4n) is 3.12. The molecule has 0 saturated heterocycles. The molecule has 0 radical (unpaired) electrons. The lowest BCUT2D eigenvalue weighted by atomic mass is 10.2. The molecule has 4 aromatic rings. The fraction of sp³-hybridized carbons (Fsp3) is 0.150. The van der Waals surface area contributed by atoms with Gasteiger partial charge >= 0.3 is 0 Å². The number of hydrogen-bond acceptors (Lipinski definition) is 6. The molecule has 0 unspecified atom stereocenters. The zero-order chi connectivity index (χ0) is 17.3. The summed E-state index contributed by atoms with van der Waals surface area (Å²) in [6.07, 6.45) is 0.761. The van der Waals surface area contributed by atoms with Gasteiger partial charge in [-0.15, -0.1) is 0 Å². The second-order valence-corrected chi connectivity index (χ2v) is 6.14. The zero-order valence-electron chi connectivity index (χ0n) is 14.0. The van der Waals surface area contributed by atoms with Crippen LogP contribution in [0, 0.1) is 0 Å². The maximum absolute atomic E-state index is 5.74. The Hall–Kier alpha value is -3.41. The molecule has 128 valence electrons. The summed E-state index contributed by atoms with van der Waals surface area (Å²) in [7, 11) is 0. The topological polar surface area (TPSA) is 73.1 Å². The molecule has 0 amide bonds. The number of anilines is 1. The Morgan fingerprint density at radius 3 is 2.73 bits per heavy atom. The van der Waals surface area contributed by atoms with E-state index in [1.165, 1.54) is 5.56 Å². The number of benzene rings is 2.